The number of aliphatic hydroxyl groups is 2. The number of esters is 3. The highest BCUT2D eigenvalue weighted by Crippen LogP contribution is 2.45. The Kier molecular flexibility index (Phi) is 69.4. The second-order valence-corrected chi connectivity index (χ2v) is 27.6. The maximum Gasteiger partial charge on any atom is 0.472 e. The predicted molar refractivity (Wildman–Crippen MR) is 408 cm³/mol. The van der Waals surface area contributed by atoms with Crippen molar-refractivity contribution in [2.24, 2.45) is 0 Å². The first kappa shape index (κ1) is 94.2. The summed E-state index contributed by atoms with van der Waals surface area (Å²) >= 11 is 0. The molecule has 0 radical (unpaired) electrons. The smallest absolute Gasteiger partial charge is 0.463 e. The van der Waals surface area contributed by atoms with Gasteiger partial charge in [-0.2, -0.15) is 0 Å². The van der Waals surface area contributed by atoms with Crippen molar-refractivity contribution in [1.29, 1.82) is 0 Å². The summed E-state index contributed by atoms with van der Waals surface area (Å²) in [5.74, 6) is -1.64. The lowest BCUT2D eigenvalue weighted by molar-refractivity contribution is -0.161. The Bertz CT molecular complexity index is 2430. The van der Waals surface area contributed by atoms with Gasteiger partial charge in [0.15, 0.2) is 6.10 Å². The second kappa shape index (κ2) is 72.9. The second-order valence-electron chi connectivity index (χ2n) is 24.7. The highest BCUT2D eigenvalue weighted by Gasteiger charge is 2.29. The Morgan fingerprint density at radius 1 is 0.293 bits per heavy atom. The van der Waals surface area contributed by atoms with E-state index in [4.69, 9.17) is 32.3 Å². The van der Waals surface area contributed by atoms with Crippen LogP contribution in [-0.2, 0) is 55.8 Å². The van der Waals surface area contributed by atoms with Crippen LogP contribution >= 0.6 is 15.6 Å². The van der Waals surface area contributed by atoms with Crippen molar-refractivity contribution in [2.45, 2.75) is 296 Å². The summed E-state index contributed by atoms with van der Waals surface area (Å²) in [6, 6.07) is 0. The summed E-state index contributed by atoms with van der Waals surface area (Å²) < 4.78 is 61.1. The molecule has 0 rings (SSSR count). The number of allylic oxidation sites excluding steroid dienone is 26. The number of carbonyl (C=O) groups is 3. The van der Waals surface area contributed by atoms with Crippen molar-refractivity contribution in [3.63, 3.8) is 0 Å². The number of aliphatic hydroxyl groups excluding tert-OH is 2. The minimum atomic E-state index is -4.95. The van der Waals surface area contributed by atoms with Crippen LogP contribution in [0.2, 0.25) is 0 Å². The van der Waals surface area contributed by atoms with Crippen LogP contribution in [0, 0.1) is 0 Å². The van der Waals surface area contributed by atoms with Gasteiger partial charge in [-0.1, -0.05) is 269 Å². The third kappa shape index (κ3) is 74.2. The molecule has 0 aromatic heterocycles. The fraction of sp³-hybridized carbons (Fsp3) is 0.642. The number of phosphoric acid groups is 2. The fourth-order valence-electron chi connectivity index (χ4n) is 9.51. The van der Waals surface area contributed by atoms with Crippen LogP contribution in [-0.4, -0.2) is 95.9 Å². The molecule has 5 atom stereocenters. The van der Waals surface area contributed by atoms with Crippen molar-refractivity contribution >= 4 is 33.6 Å². The quantitative estimate of drug-likeness (QED) is 0.0146. The van der Waals surface area contributed by atoms with Gasteiger partial charge in [-0.15, -0.1) is 0 Å². The molecule has 5 unspecified atom stereocenters. The molecule has 0 saturated heterocycles. The first-order valence-electron chi connectivity index (χ1n) is 37.8. The van der Waals surface area contributed by atoms with Gasteiger partial charge in [-0.05, 0) is 148 Å². The monoisotopic (exact) mass is 1420 g/mol. The lowest BCUT2D eigenvalue weighted by Gasteiger charge is -2.21. The van der Waals surface area contributed by atoms with Crippen LogP contribution in [0.4, 0.5) is 0 Å². The van der Waals surface area contributed by atoms with Gasteiger partial charge in [0.1, 0.15) is 25.4 Å². The van der Waals surface area contributed by atoms with Gasteiger partial charge in [0, 0.05) is 19.3 Å². The molecule has 0 aliphatic carbocycles. The molecule has 0 aliphatic heterocycles. The van der Waals surface area contributed by atoms with Crippen molar-refractivity contribution in [3.8, 4) is 0 Å². The molecule has 99 heavy (non-hydrogen) atoms. The average molecular weight is 1430 g/mol. The van der Waals surface area contributed by atoms with E-state index in [9.17, 15) is 43.5 Å². The van der Waals surface area contributed by atoms with E-state index in [1.165, 1.54) is 51.4 Å². The highest BCUT2D eigenvalue weighted by atomic mass is 31.2. The zero-order chi connectivity index (χ0) is 72.3. The minimum absolute atomic E-state index is 0.0667. The number of unbranched alkanes of at least 4 members (excludes halogenated alkanes) is 21. The third-order valence-corrected chi connectivity index (χ3v) is 17.1. The van der Waals surface area contributed by atoms with E-state index in [-0.39, 0.29) is 19.3 Å². The number of hydrogen-bond donors (Lipinski definition) is 4. The maximum absolute atomic E-state index is 13.0. The molecule has 4 N–H and O–H groups in total. The van der Waals surface area contributed by atoms with Gasteiger partial charge in [-0.25, -0.2) is 9.13 Å². The minimum Gasteiger partial charge on any atom is -0.463 e. The standard InChI is InChI=1S/C81H134O16P2/c1-4-7-10-13-16-19-22-25-28-31-33-35-36-37-38-40-42-44-46-49-52-55-58-61-64-67-79(84)91-70-76(82)71-93-98(87,88)94-72-77(83)73-95-99(89,90)96-75-78(97-81(86)69-66-63-60-57-54-51-48-43-30-27-24-21-18-15-12-9-6-3)74-92-80(85)68-65-62-59-56-53-50-47-45-41-39-34-32-29-26-23-20-17-14-11-8-5-2/h7,9-10,12,16-21,25-30,33-35,37-39,45,47-48,51,76-78,82-83H,4-6,8,11,13-15,22-24,31-32,36,40-44,46,49-50,52-75H2,1-3H3,(H,87,88)(H,89,90)/b10-7-,12-9-,19-16-,20-17-,21-18-,28-25-,29-26-,30-27-,35-33-,38-37-,39-34-,47-45-,51-48-. The summed E-state index contributed by atoms with van der Waals surface area (Å²) in [6.45, 7) is 2.35. The molecule has 16 nitrogen and oxygen atoms in total. The molecule has 0 aromatic carbocycles. The third-order valence-electron chi connectivity index (χ3n) is 15.2. The average Bonchev–Trinajstić information content (AvgIpc) is 2.07. The lowest BCUT2D eigenvalue weighted by Crippen LogP contribution is -2.30. The van der Waals surface area contributed by atoms with E-state index in [0.29, 0.717) is 19.3 Å². The van der Waals surface area contributed by atoms with E-state index in [0.717, 1.165) is 167 Å². The molecule has 0 aliphatic rings. The molecule has 0 saturated carbocycles. The molecular weight excluding hydrogens is 1290 g/mol. The van der Waals surface area contributed by atoms with Crippen molar-refractivity contribution in [3.05, 3.63) is 158 Å². The molecule has 0 amide bonds. The largest absolute Gasteiger partial charge is 0.472 e. The molecular formula is C81H134O16P2. The summed E-state index contributed by atoms with van der Waals surface area (Å²) in [5.41, 5.74) is 0. The summed E-state index contributed by atoms with van der Waals surface area (Å²) in [4.78, 5) is 58.6. The van der Waals surface area contributed by atoms with E-state index in [2.05, 4.69) is 179 Å². The highest BCUT2D eigenvalue weighted by molar-refractivity contribution is 7.47. The Hall–Kier alpha value is -4.83. The summed E-state index contributed by atoms with van der Waals surface area (Å²) in [6.07, 6.45) is 89.9. The summed E-state index contributed by atoms with van der Waals surface area (Å²) in [7, 11) is -9.81. The van der Waals surface area contributed by atoms with Crippen LogP contribution in [0.15, 0.2) is 158 Å². The zero-order valence-electron chi connectivity index (χ0n) is 61.4. The first-order valence-corrected chi connectivity index (χ1v) is 40.8. The molecule has 0 spiro atoms. The molecule has 0 fully saturated rings. The van der Waals surface area contributed by atoms with Crippen LogP contribution in [0.3, 0.4) is 0 Å². The number of phosphoric ester groups is 2. The topological polar surface area (TPSA) is 231 Å². The fourth-order valence-corrected chi connectivity index (χ4v) is 11.1. The maximum atomic E-state index is 13.0. The van der Waals surface area contributed by atoms with E-state index in [1.54, 1.807) is 0 Å². The van der Waals surface area contributed by atoms with Gasteiger partial charge in [0.2, 0.25) is 0 Å². The van der Waals surface area contributed by atoms with Crippen LogP contribution < -0.4 is 0 Å². The number of carbonyl (C=O) groups excluding carboxylic acids is 3. The first-order chi connectivity index (χ1) is 48.2. The van der Waals surface area contributed by atoms with Crippen LogP contribution in [0.25, 0.3) is 0 Å². The van der Waals surface area contributed by atoms with Gasteiger partial charge >= 0.3 is 33.6 Å². The van der Waals surface area contributed by atoms with E-state index < -0.39 is 91.5 Å². The Morgan fingerprint density at radius 3 is 0.848 bits per heavy atom. The van der Waals surface area contributed by atoms with E-state index in [1.807, 2.05) is 0 Å². The lowest BCUT2D eigenvalue weighted by atomic mass is 10.1. The Labute approximate surface area is 600 Å². The predicted octanol–water partition coefficient (Wildman–Crippen LogP) is 21.9. The molecule has 18 heteroatoms. The van der Waals surface area contributed by atoms with Crippen LogP contribution in [0.1, 0.15) is 278 Å². The molecule has 0 bridgehead atoms. The van der Waals surface area contributed by atoms with Crippen LogP contribution in [0.5, 0.6) is 0 Å². The molecule has 0 aromatic rings. The molecule has 564 valence electrons. The van der Waals surface area contributed by atoms with Gasteiger partial charge in [-0.3, -0.25) is 32.5 Å². The normalized spacial score (nSPS) is 14.9. The van der Waals surface area contributed by atoms with Crippen molar-refractivity contribution in [1.82, 2.24) is 0 Å². The number of hydrogen-bond acceptors (Lipinski definition) is 14. The van der Waals surface area contributed by atoms with Gasteiger partial charge < -0.3 is 34.2 Å². The summed E-state index contributed by atoms with van der Waals surface area (Å²) in [5, 5.41) is 20.6. The Morgan fingerprint density at radius 2 is 0.535 bits per heavy atom. The number of rotatable bonds is 70. The number of ether oxygens (including phenoxy) is 3. The SMILES string of the molecule is CC/C=C\C/C=C\C/C=C\C/C=C\C/C=C\CCCCCCCCCCCC(=O)OCC(O)COP(=O)(O)OCC(O)COP(=O)(O)OCC(COC(=O)CCCCCCC/C=C\C/C=C\C/C=C\C/C=C\CCCCC)OC(=O)CCCCCC/C=C\C/C=C\C/C=C\C/C=C\CC. The van der Waals surface area contributed by atoms with Gasteiger partial charge in [0.05, 0.1) is 26.4 Å². The Balaban J connectivity index is 4.68. The van der Waals surface area contributed by atoms with Gasteiger partial charge in [0.25, 0.3) is 0 Å². The van der Waals surface area contributed by atoms with E-state index >= 15 is 0 Å². The zero-order valence-corrected chi connectivity index (χ0v) is 63.1. The molecule has 0 heterocycles. The van der Waals surface area contributed by atoms with Crippen molar-refractivity contribution in [2.75, 3.05) is 39.6 Å². The van der Waals surface area contributed by atoms with Crippen molar-refractivity contribution < 1.29 is 75.8 Å².